The second kappa shape index (κ2) is 11.0. The average molecular weight is 540 g/mol. The molecule has 210 valence electrons. The van der Waals surface area contributed by atoms with Gasteiger partial charge in [-0.25, -0.2) is 0 Å². The number of nitrogens with zero attached hydrogens (tertiary/aromatic N) is 3. The molecule has 1 saturated heterocycles. The first-order valence-electron chi connectivity index (χ1n) is 13.9. The van der Waals surface area contributed by atoms with Crippen LogP contribution in [0.2, 0.25) is 0 Å². The van der Waals surface area contributed by atoms with Crippen LogP contribution in [-0.2, 0) is 6.61 Å². The highest BCUT2D eigenvalue weighted by Gasteiger charge is 2.39. The number of piperidine rings is 1. The molecule has 40 heavy (non-hydrogen) atoms. The summed E-state index contributed by atoms with van der Waals surface area (Å²) in [6.45, 7) is 11.5. The Morgan fingerprint density at radius 1 is 0.900 bits per heavy atom. The van der Waals surface area contributed by atoms with E-state index in [1.165, 1.54) is 0 Å². The molecule has 1 aliphatic heterocycles. The first-order chi connectivity index (χ1) is 19.0. The molecule has 5 rings (SSSR count). The Morgan fingerprint density at radius 3 is 2.20 bits per heavy atom. The fourth-order valence-corrected chi connectivity index (χ4v) is 6.06. The summed E-state index contributed by atoms with van der Waals surface area (Å²) in [5.41, 5.74) is 5.76. The van der Waals surface area contributed by atoms with Gasteiger partial charge < -0.3 is 24.7 Å². The lowest BCUT2D eigenvalue weighted by atomic mass is 9.79. The molecule has 2 aromatic carbocycles. The van der Waals surface area contributed by atoms with Gasteiger partial charge in [0, 0.05) is 41.1 Å². The minimum atomic E-state index is 0.0474. The van der Waals surface area contributed by atoms with Crippen molar-refractivity contribution in [2.75, 3.05) is 19.1 Å². The van der Waals surface area contributed by atoms with Crippen LogP contribution in [0.15, 0.2) is 66.7 Å². The maximum absolute atomic E-state index is 6.43. The number of hydrogen-bond acceptors (Lipinski definition) is 6. The summed E-state index contributed by atoms with van der Waals surface area (Å²) in [5.74, 6) is 2.24. The van der Waals surface area contributed by atoms with E-state index in [0.29, 0.717) is 29.8 Å². The van der Waals surface area contributed by atoms with Gasteiger partial charge in [-0.2, -0.15) is 0 Å². The highest BCUT2D eigenvalue weighted by molar-refractivity contribution is 5.80. The van der Waals surface area contributed by atoms with E-state index in [2.05, 4.69) is 79.3 Å². The molecule has 0 radical (unpaired) electrons. The lowest BCUT2D eigenvalue weighted by Crippen LogP contribution is -2.62. The molecule has 7 heteroatoms. The number of H-pyrrole nitrogens is 1. The predicted molar refractivity (Wildman–Crippen MR) is 162 cm³/mol. The van der Waals surface area contributed by atoms with Gasteiger partial charge in [0.2, 0.25) is 0 Å². The molecular formula is C33H41N5O2. The zero-order valence-corrected chi connectivity index (χ0v) is 24.7. The van der Waals surface area contributed by atoms with Crippen LogP contribution in [0, 0.1) is 6.92 Å². The zero-order chi connectivity index (χ0) is 28.5. The highest BCUT2D eigenvalue weighted by atomic mass is 16.5. The lowest BCUT2D eigenvalue weighted by molar-refractivity contribution is 0.160. The topological polar surface area (TPSA) is 75.3 Å². The molecule has 0 saturated carbocycles. The number of ether oxygens (including phenoxy) is 2. The molecule has 0 aliphatic carbocycles. The van der Waals surface area contributed by atoms with Crippen molar-refractivity contribution >= 4 is 5.82 Å². The van der Waals surface area contributed by atoms with Gasteiger partial charge in [0.15, 0.2) is 5.82 Å². The lowest BCUT2D eigenvalue weighted by Gasteiger charge is -2.49. The minimum Gasteiger partial charge on any atom is -0.496 e. The molecule has 7 nitrogen and oxygen atoms in total. The number of aryl methyl sites for hydroxylation is 1. The summed E-state index contributed by atoms with van der Waals surface area (Å²) in [4.78, 5) is 5.68. The minimum absolute atomic E-state index is 0.0474. The van der Waals surface area contributed by atoms with Crippen LogP contribution in [0.1, 0.15) is 51.8 Å². The number of aromatic amines is 1. The molecule has 0 amide bonds. The highest BCUT2D eigenvalue weighted by Crippen LogP contribution is 2.42. The van der Waals surface area contributed by atoms with Crippen molar-refractivity contribution in [3.8, 4) is 34.0 Å². The van der Waals surface area contributed by atoms with Gasteiger partial charge in [-0.1, -0.05) is 30.3 Å². The van der Waals surface area contributed by atoms with Crippen molar-refractivity contribution in [3.63, 3.8) is 0 Å². The third-order valence-corrected chi connectivity index (χ3v) is 7.65. The maximum atomic E-state index is 6.43. The summed E-state index contributed by atoms with van der Waals surface area (Å²) in [7, 11) is 3.80. The Bertz CT molecular complexity index is 1430. The summed E-state index contributed by atoms with van der Waals surface area (Å²) in [5, 5.41) is 13.1. The predicted octanol–water partition coefficient (Wildman–Crippen LogP) is 6.78. The second-order valence-electron chi connectivity index (χ2n) is 12.2. The molecular weight excluding hydrogens is 498 g/mol. The zero-order valence-electron chi connectivity index (χ0n) is 24.7. The first kappa shape index (κ1) is 27.7. The first-order valence-corrected chi connectivity index (χ1v) is 13.9. The summed E-state index contributed by atoms with van der Waals surface area (Å²) in [6, 6.07) is 22.8. The largest absolute Gasteiger partial charge is 0.496 e. The molecule has 1 aliphatic rings. The van der Waals surface area contributed by atoms with Crippen molar-refractivity contribution in [3.05, 3.63) is 78.0 Å². The molecule has 1 fully saturated rings. The third-order valence-electron chi connectivity index (χ3n) is 7.65. The van der Waals surface area contributed by atoms with Crippen LogP contribution < -0.4 is 19.7 Å². The number of rotatable bonds is 8. The summed E-state index contributed by atoms with van der Waals surface area (Å²) >= 11 is 0. The number of benzene rings is 2. The van der Waals surface area contributed by atoms with Gasteiger partial charge in [0.25, 0.3) is 0 Å². The Morgan fingerprint density at radius 2 is 1.60 bits per heavy atom. The van der Waals surface area contributed by atoms with Crippen molar-refractivity contribution < 1.29 is 9.47 Å². The van der Waals surface area contributed by atoms with E-state index in [-0.39, 0.29) is 11.1 Å². The number of hydrogen-bond donors (Lipinski definition) is 2. The van der Waals surface area contributed by atoms with Gasteiger partial charge in [-0.05, 0) is 89.4 Å². The normalized spacial score (nSPS) is 16.5. The quantitative estimate of drug-likeness (QED) is 0.257. The number of aromatic nitrogens is 3. The number of anilines is 1. The van der Waals surface area contributed by atoms with Crippen molar-refractivity contribution in [2.45, 2.75) is 71.2 Å². The Hall–Kier alpha value is -3.84. The molecule has 2 aromatic heterocycles. The third kappa shape index (κ3) is 6.15. The van der Waals surface area contributed by atoms with Crippen molar-refractivity contribution in [2.24, 2.45) is 0 Å². The molecule has 0 bridgehead atoms. The maximum Gasteiger partial charge on any atom is 0.151 e. The summed E-state index contributed by atoms with van der Waals surface area (Å²) in [6.07, 6.45) is 2.06. The van der Waals surface area contributed by atoms with Crippen molar-refractivity contribution in [1.82, 2.24) is 20.5 Å². The SMILES string of the molecule is COc1cc(-c2ccc(C)[nH]2)cc(OCc2ccccc2)c1-c1ccc(N(C)C2CC(C)(C)NC(C)(C)C2)nn1. The van der Waals surface area contributed by atoms with Crippen molar-refractivity contribution in [1.29, 1.82) is 0 Å². The summed E-state index contributed by atoms with van der Waals surface area (Å²) < 4.78 is 12.3. The van der Waals surface area contributed by atoms with Crippen LogP contribution in [0.5, 0.6) is 11.5 Å². The van der Waals surface area contributed by atoms with Gasteiger partial charge in [-0.15, -0.1) is 10.2 Å². The molecule has 4 aromatic rings. The standard InChI is InChI=1S/C33H41N5O2/c1-22-13-14-26(34-22)24-17-28(39-7)31(29(18-24)40-21-23-11-9-8-10-12-23)27-15-16-30(36-35-27)38(6)25-19-32(2,3)37-33(4,5)20-25/h8-18,25,34,37H,19-21H2,1-7H3. The van der Waals surface area contributed by atoms with Crippen LogP contribution in [-0.4, -0.2) is 46.5 Å². The molecule has 3 heterocycles. The fourth-order valence-electron chi connectivity index (χ4n) is 6.06. The van der Waals surface area contributed by atoms with Gasteiger partial charge >= 0.3 is 0 Å². The van der Waals surface area contributed by atoms with E-state index in [1.54, 1.807) is 7.11 Å². The van der Waals surface area contributed by atoms with Gasteiger partial charge in [0.1, 0.15) is 23.8 Å². The van der Waals surface area contributed by atoms with E-state index in [1.807, 2.05) is 49.4 Å². The number of methoxy groups -OCH3 is 1. The Kier molecular flexibility index (Phi) is 7.60. The van der Waals surface area contributed by atoms with E-state index < -0.39 is 0 Å². The van der Waals surface area contributed by atoms with Crippen LogP contribution in [0.25, 0.3) is 22.5 Å². The van der Waals surface area contributed by atoms with Crippen LogP contribution in [0.4, 0.5) is 5.82 Å². The molecule has 0 unspecified atom stereocenters. The van der Waals surface area contributed by atoms with E-state index >= 15 is 0 Å². The Balaban J connectivity index is 1.49. The molecule has 2 N–H and O–H groups in total. The second-order valence-corrected chi connectivity index (χ2v) is 12.2. The van der Waals surface area contributed by atoms with Gasteiger partial charge in [-0.3, -0.25) is 0 Å². The van der Waals surface area contributed by atoms with Crippen LogP contribution >= 0.6 is 0 Å². The number of nitrogens with one attached hydrogen (secondary N) is 2. The van der Waals surface area contributed by atoms with E-state index in [9.17, 15) is 0 Å². The fraction of sp³-hybridized carbons (Fsp3) is 0.394. The average Bonchev–Trinajstić information content (AvgIpc) is 3.36. The van der Waals surface area contributed by atoms with Crippen LogP contribution in [0.3, 0.4) is 0 Å². The smallest absolute Gasteiger partial charge is 0.151 e. The van der Waals surface area contributed by atoms with Gasteiger partial charge in [0.05, 0.1) is 12.7 Å². The monoisotopic (exact) mass is 539 g/mol. The van der Waals surface area contributed by atoms with E-state index in [0.717, 1.165) is 46.7 Å². The molecule has 0 spiro atoms. The molecule has 0 atom stereocenters. The van der Waals surface area contributed by atoms with E-state index in [4.69, 9.17) is 14.6 Å². The Labute approximate surface area is 237 Å².